The molecule has 3 aromatic rings. The molecule has 0 amide bonds. The second-order valence-electron chi connectivity index (χ2n) is 5.80. The minimum absolute atomic E-state index is 0.0603. The van der Waals surface area contributed by atoms with E-state index in [9.17, 15) is 20.0 Å². The van der Waals surface area contributed by atoms with Crippen LogP contribution in [0.3, 0.4) is 0 Å². The summed E-state index contributed by atoms with van der Waals surface area (Å²) in [5.41, 5.74) is -0.635. The smallest absolute Gasteiger partial charge is 0.336 e. The van der Waals surface area contributed by atoms with Crippen molar-refractivity contribution in [2.45, 2.75) is 0 Å². The number of nitro groups is 1. The zero-order chi connectivity index (χ0) is 20.6. The van der Waals surface area contributed by atoms with Crippen LogP contribution in [0, 0.1) is 10.1 Å². The SMILES string of the molecule is COc1cc2cc([N+](=O)[O-])c3c(C(=O)O)cc(OC)c(OC)c3c2cc1OC. The summed E-state index contributed by atoms with van der Waals surface area (Å²) >= 11 is 0. The molecular weight excluding hydrogens is 370 g/mol. The fraction of sp³-hybridized carbons (Fsp3) is 0.211. The van der Waals surface area contributed by atoms with Crippen molar-refractivity contribution in [1.82, 2.24) is 0 Å². The van der Waals surface area contributed by atoms with Crippen molar-refractivity contribution in [3.8, 4) is 23.0 Å². The monoisotopic (exact) mass is 387 g/mol. The number of hydrogen-bond acceptors (Lipinski definition) is 7. The molecule has 0 aliphatic heterocycles. The van der Waals surface area contributed by atoms with Crippen LogP contribution in [0.4, 0.5) is 5.69 Å². The highest BCUT2D eigenvalue weighted by molar-refractivity contribution is 6.21. The average Bonchev–Trinajstić information content (AvgIpc) is 2.69. The van der Waals surface area contributed by atoms with Gasteiger partial charge in [-0.15, -0.1) is 0 Å². The molecule has 0 bridgehead atoms. The Morgan fingerprint density at radius 3 is 2.00 bits per heavy atom. The highest BCUT2D eigenvalue weighted by Gasteiger charge is 2.27. The first-order chi connectivity index (χ1) is 13.4. The van der Waals surface area contributed by atoms with E-state index in [1.807, 2.05) is 0 Å². The predicted molar refractivity (Wildman–Crippen MR) is 101 cm³/mol. The van der Waals surface area contributed by atoms with Crippen molar-refractivity contribution in [3.63, 3.8) is 0 Å². The number of carboxylic acids is 1. The van der Waals surface area contributed by atoms with Gasteiger partial charge in [0.05, 0.1) is 44.3 Å². The lowest BCUT2D eigenvalue weighted by atomic mass is 9.94. The number of carbonyl (C=O) groups is 1. The first kappa shape index (κ1) is 19.0. The molecule has 0 aromatic heterocycles. The summed E-state index contributed by atoms with van der Waals surface area (Å²) < 4.78 is 21.3. The Kier molecular flexibility index (Phi) is 4.83. The van der Waals surface area contributed by atoms with E-state index in [0.717, 1.165) is 0 Å². The van der Waals surface area contributed by atoms with Gasteiger partial charge in [0.2, 0.25) is 0 Å². The topological polar surface area (TPSA) is 117 Å². The van der Waals surface area contributed by atoms with E-state index < -0.39 is 10.9 Å². The summed E-state index contributed by atoms with van der Waals surface area (Å²) in [5.74, 6) is -0.239. The van der Waals surface area contributed by atoms with Crippen molar-refractivity contribution in [2.75, 3.05) is 28.4 Å². The number of methoxy groups -OCH3 is 4. The molecule has 0 spiro atoms. The standard InChI is InChI=1S/C19H17NO8/c1-25-13-6-9-5-12(20(23)24)16-11(19(21)22)8-15(27-3)18(28-4)17(16)10(9)7-14(13)26-2/h5-8H,1-4H3,(H,21,22). The van der Waals surface area contributed by atoms with Crippen molar-refractivity contribution in [2.24, 2.45) is 0 Å². The first-order valence-electron chi connectivity index (χ1n) is 8.03. The average molecular weight is 387 g/mol. The molecule has 9 heteroatoms. The van der Waals surface area contributed by atoms with Gasteiger partial charge >= 0.3 is 5.97 Å². The van der Waals surface area contributed by atoms with Gasteiger partial charge < -0.3 is 24.1 Å². The third-order valence-corrected chi connectivity index (χ3v) is 4.47. The van der Waals surface area contributed by atoms with Gasteiger partial charge in [-0.05, 0) is 29.0 Å². The van der Waals surface area contributed by atoms with Crippen LogP contribution in [0.5, 0.6) is 23.0 Å². The fourth-order valence-corrected chi connectivity index (χ4v) is 3.28. The maximum atomic E-state index is 11.9. The largest absolute Gasteiger partial charge is 0.493 e. The number of hydrogen-bond donors (Lipinski definition) is 1. The molecular formula is C19H17NO8. The van der Waals surface area contributed by atoms with Crippen LogP contribution < -0.4 is 18.9 Å². The molecule has 0 aliphatic rings. The number of nitro benzene ring substituents is 1. The Bertz CT molecular complexity index is 1120. The summed E-state index contributed by atoms with van der Waals surface area (Å²) in [5, 5.41) is 22.5. The third-order valence-electron chi connectivity index (χ3n) is 4.47. The summed E-state index contributed by atoms with van der Waals surface area (Å²) in [4.78, 5) is 23.0. The lowest BCUT2D eigenvalue weighted by Crippen LogP contribution is -2.04. The minimum atomic E-state index is -1.33. The molecule has 146 valence electrons. The van der Waals surface area contributed by atoms with Gasteiger partial charge in [-0.1, -0.05) is 0 Å². The Labute approximate surface area is 159 Å². The summed E-state index contributed by atoms with van der Waals surface area (Å²) in [6, 6.07) is 5.72. The Balaban J connectivity index is 2.70. The maximum Gasteiger partial charge on any atom is 0.336 e. The van der Waals surface area contributed by atoms with Gasteiger partial charge in [-0.2, -0.15) is 0 Å². The van der Waals surface area contributed by atoms with E-state index in [4.69, 9.17) is 18.9 Å². The highest BCUT2D eigenvalue weighted by Crippen LogP contribution is 2.47. The molecule has 0 radical (unpaired) electrons. The Hall–Kier alpha value is -3.75. The number of fused-ring (bicyclic) bond motifs is 3. The van der Waals surface area contributed by atoms with Crippen LogP contribution in [0.1, 0.15) is 10.4 Å². The van der Waals surface area contributed by atoms with Crippen molar-refractivity contribution in [3.05, 3.63) is 39.9 Å². The molecule has 0 fully saturated rings. The van der Waals surface area contributed by atoms with Crippen molar-refractivity contribution in [1.29, 1.82) is 0 Å². The Morgan fingerprint density at radius 1 is 0.893 bits per heavy atom. The quantitative estimate of drug-likeness (QED) is 0.387. The van der Waals surface area contributed by atoms with Gasteiger partial charge in [0.1, 0.15) is 0 Å². The fourth-order valence-electron chi connectivity index (χ4n) is 3.28. The van der Waals surface area contributed by atoms with E-state index in [-0.39, 0.29) is 33.5 Å². The van der Waals surface area contributed by atoms with E-state index >= 15 is 0 Å². The number of benzene rings is 3. The molecule has 0 atom stereocenters. The van der Waals surface area contributed by atoms with Gasteiger partial charge in [0.15, 0.2) is 23.0 Å². The van der Waals surface area contributed by atoms with Gasteiger partial charge in [0, 0.05) is 11.5 Å². The molecule has 0 saturated heterocycles. The van der Waals surface area contributed by atoms with Crippen LogP contribution in [0.15, 0.2) is 24.3 Å². The lowest BCUT2D eigenvalue weighted by molar-refractivity contribution is -0.383. The van der Waals surface area contributed by atoms with E-state index in [0.29, 0.717) is 22.3 Å². The number of carboxylic acid groups (broad SMARTS) is 1. The number of aromatic carboxylic acids is 1. The van der Waals surface area contributed by atoms with Crippen LogP contribution >= 0.6 is 0 Å². The number of nitrogens with zero attached hydrogens (tertiary/aromatic N) is 1. The Morgan fingerprint density at radius 2 is 1.50 bits per heavy atom. The molecule has 9 nitrogen and oxygen atoms in total. The molecule has 3 aromatic carbocycles. The van der Waals surface area contributed by atoms with Gasteiger partial charge in [0.25, 0.3) is 5.69 Å². The number of non-ortho nitro benzene ring substituents is 1. The zero-order valence-electron chi connectivity index (χ0n) is 15.6. The molecule has 0 unspecified atom stereocenters. The summed E-state index contributed by atoms with van der Waals surface area (Å²) in [7, 11) is 5.64. The third kappa shape index (κ3) is 2.77. The summed E-state index contributed by atoms with van der Waals surface area (Å²) in [6.45, 7) is 0. The second kappa shape index (κ2) is 7.10. The second-order valence-corrected chi connectivity index (χ2v) is 5.80. The molecule has 0 aliphatic carbocycles. The van der Waals surface area contributed by atoms with Crippen molar-refractivity contribution >= 4 is 33.2 Å². The van der Waals surface area contributed by atoms with E-state index in [1.54, 1.807) is 12.1 Å². The lowest BCUT2D eigenvalue weighted by Gasteiger charge is -2.16. The molecule has 0 heterocycles. The molecule has 1 N–H and O–H groups in total. The zero-order valence-corrected chi connectivity index (χ0v) is 15.6. The number of rotatable bonds is 6. The van der Waals surface area contributed by atoms with Gasteiger partial charge in [-0.3, -0.25) is 10.1 Å². The number of ether oxygens (including phenoxy) is 4. The minimum Gasteiger partial charge on any atom is -0.493 e. The molecule has 0 saturated carbocycles. The maximum absolute atomic E-state index is 11.9. The van der Waals surface area contributed by atoms with Crippen LogP contribution in [-0.4, -0.2) is 44.4 Å². The molecule has 28 heavy (non-hydrogen) atoms. The van der Waals surface area contributed by atoms with E-state index in [2.05, 4.69) is 0 Å². The normalized spacial score (nSPS) is 10.7. The van der Waals surface area contributed by atoms with Gasteiger partial charge in [-0.25, -0.2) is 4.79 Å². The van der Waals surface area contributed by atoms with E-state index in [1.165, 1.54) is 40.6 Å². The van der Waals surface area contributed by atoms with Crippen LogP contribution in [-0.2, 0) is 0 Å². The highest BCUT2D eigenvalue weighted by atomic mass is 16.6. The summed E-state index contributed by atoms with van der Waals surface area (Å²) in [6.07, 6.45) is 0. The van der Waals surface area contributed by atoms with Crippen LogP contribution in [0.25, 0.3) is 21.5 Å². The first-order valence-corrected chi connectivity index (χ1v) is 8.03. The van der Waals surface area contributed by atoms with Crippen molar-refractivity contribution < 1.29 is 33.8 Å². The van der Waals surface area contributed by atoms with Crippen LogP contribution in [0.2, 0.25) is 0 Å². The predicted octanol–water partition coefficient (Wildman–Crippen LogP) is 3.63. The molecule has 3 rings (SSSR count).